The topological polar surface area (TPSA) is 37.3 Å². The van der Waals surface area contributed by atoms with Gasteiger partial charge < -0.3 is 5.11 Å². The van der Waals surface area contributed by atoms with Crippen LogP contribution in [-0.2, 0) is 4.79 Å². The van der Waals surface area contributed by atoms with Crippen molar-refractivity contribution in [2.24, 2.45) is 29.1 Å². The van der Waals surface area contributed by atoms with E-state index in [2.05, 4.69) is 13.8 Å². The molecule has 2 saturated carbocycles. The Bertz CT molecular complexity index is 286. The molecule has 92 valence electrons. The van der Waals surface area contributed by atoms with Crippen LogP contribution in [0.25, 0.3) is 0 Å². The van der Waals surface area contributed by atoms with Crippen molar-refractivity contribution in [2.45, 2.75) is 52.9 Å². The van der Waals surface area contributed by atoms with E-state index in [1.54, 1.807) is 0 Å². The Hall–Kier alpha value is -0.530. The number of fused-ring (bicyclic) bond motifs is 1. The Morgan fingerprint density at radius 2 is 2.06 bits per heavy atom. The van der Waals surface area contributed by atoms with Gasteiger partial charge in [-0.05, 0) is 42.4 Å². The third-order valence-corrected chi connectivity index (χ3v) is 5.54. The van der Waals surface area contributed by atoms with Gasteiger partial charge in [-0.1, -0.05) is 33.6 Å². The minimum atomic E-state index is -0.606. The lowest BCUT2D eigenvalue weighted by atomic mass is 9.60. The standard InChI is InChI=1S/C14H24O2/c1-9-5-4-8-14(3)11(9)6-7-12(14)10(2)13(15)16/h9-12H,4-8H2,1-3H3,(H,15,16)/t9?,10-,11?,12+,14-/m0/s1. The van der Waals surface area contributed by atoms with Crippen molar-refractivity contribution in [1.82, 2.24) is 0 Å². The molecule has 0 saturated heterocycles. The van der Waals surface area contributed by atoms with Gasteiger partial charge in [0.2, 0.25) is 0 Å². The summed E-state index contributed by atoms with van der Waals surface area (Å²) in [7, 11) is 0. The first-order valence-corrected chi connectivity index (χ1v) is 6.69. The quantitative estimate of drug-likeness (QED) is 0.778. The molecule has 5 atom stereocenters. The largest absolute Gasteiger partial charge is 0.481 e. The first-order chi connectivity index (χ1) is 7.47. The summed E-state index contributed by atoms with van der Waals surface area (Å²) in [6.45, 7) is 6.61. The summed E-state index contributed by atoms with van der Waals surface area (Å²) >= 11 is 0. The fourth-order valence-electron chi connectivity index (χ4n) is 4.60. The van der Waals surface area contributed by atoms with E-state index in [4.69, 9.17) is 0 Å². The second kappa shape index (κ2) is 4.05. The van der Waals surface area contributed by atoms with Crippen molar-refractivity contribution >= 4 is 5.97 Å². The summed E-state index contributed by atoms with van der Waals surface area (Å²) in [6, 6.07) is 0. The molecule has 0 aliphatic heterocycles. The highest BCUT2D eigenvalue weighted by atomic mass is 16.4. The third-order valence-electron chi connectivity index (χ3n) is 5.54. The van der Waals surface area contributed by atoms with E-state index in [1.807, 2.05) is 6.92 Å². The Morgan fingerprint density at radius 3 is 2.69 bits per heavy atom. The molecule has 2 aliphatic carbocycles. The maximum atomic E-state index is 11.2. The summed E-state index contributed by atoms with van der Waals surface area (Å²) in [5.41, 5.74) is 0.301. The Morgan fingerprint density at radius 1 is 1.38 bits per heavy atom. The second-order valence-corrected chi connectivity index (χ2v) is 6.29. The van der Waals surface area contributed by atoms with E-state index in [0.717, 1.165) is 18.3 Å². The van der Waals surface area contributed by atoms with E-state index >= 15 is 0 Å². The normalized spacial score (nSPS) is 45.1. The average molecular weight is 224 g/mol. The lowest BCUT2D eigenvalue weighted by Crippen LogP contribution is -2.39. The average Bonchev–Trinajstić information content (AvgIpc) is 2.55. The molecule has 0 radical (unpaired) electrons. The number of hydrogen-bond donors (Lipinski definition) is 1. The fourth-order valence-corrected chi connectivity index (χ4v) is 4.60. The van der Waals surface area contributed by atoms with Crippen LogP contribution in [0.2, 0.25) is 0 Å². The highest BCUT2D eigenvalue weighted by Gasteiger charge is 2.52. The molecule has 16 heavy (non-hydrogen) atoms. The number of carboxylic acids is 1. The molecule has 2 nitrogen and oxygen atoms in total. The maximum Gasteiger partial charge on any atom is 0.306 e. The van der Waals surface area contributed by atoms with Crippen LogP contribution in [0.15, 0.2) is 0 Å². The number of hydrogen-bond acceptors (Lipinski definition) is 1. The van der Waals surface area contributed by atoms with Gasteiger partial charge in [0.15, 0.2) is 0 Å². The van der Waals surface area contributed by atoms with Crippen LogP contribution >= 0.6 is 0 Å². The lowest BCUT2D eigenvalue weighted by Gasteiger charge is -2.45. The highest BCUT2D eigenvalue weighted by molar-refractivity contribution is 5.70. The van der Waals surface area contributed by atoms with Gasteiger partial charge in [0.1, 0.15) is 0 Å². The smallest absolute Gasteiger partial charge is 0.306 e. The van der Waals surface area contributed by atoms with E-state index in [9.17, 15) is 9.90 Å². The van der Waals surface area contributed by atoms with Crippen molar-refractivity contribution in [3.63, 3.8) is 0 Å². The van der Waals surface area contributed by atoms with Crippen molar-refractivity contribution in [2.75, 3.05) is 0 Å². The van der Waals surface area contributed by atoms with E-state index < -0.39 is 5.97 Å². The van der Waals surface area contributed by atoms with Gasteiger partial charge in [-0.2, -0.15) is 0 Å². The van der Waals surface area contributed by atoms with E-state index in [0.29, 0.717) is 11.3 Å². The zero-order chi connectivity index (χ0) is 11.9. The van der Waals surface area contributed by atoms with Gasteiger partial charge in [-0.25, -0.2) is 0 Å². The molecule has 0 aromatic carbocycles. The highest BCUT2D eigenvalue weighted by Crippen LogP contribution is 2.59. The van der Waals surface area contributed by atoms with Gasteiger partial charge in [-0.15, -0.1) is 0 Å². The SMILES string of the molecule is CC1CCC[C@@]2(C)C1CC[C@@H]2[C@H](C)C(=O)O. The Balaban J connectivity index is 2.21. The number of carboxylic acid groups (broad SMARTS) is 1. The van der Waals surface area contributed by atoms with E-state index in [-0.39, 0.29) is 5.92 Å². The lowest BCUT2D eigenvalue weighted by molar-refractivity contribution is -0.145. The molecule has 0 amide bonds. The second-order valence-electron chi connectivity index (χ2n) is 6.29. The van der Waals surface area contributed by atoms with E-state index in [1.165, 1.54) is 25.7 Å². The molecule has 1 N–H and O–H groups in total. The Kier molecular flexibility index (Phi) is 3.02. The maximum absolute atomic E-state index is 11.2. The molecule has 0 spiro atoms. The molecular formula is C14H24O2. The molecule has 2 heteroatoms. The molecule has 2 aliphatic rings. The number of carbonyl (C=O) groups is 1. The molecule has 2 unspecified atom stereocenters. The predicted octanol–water partition coefficient (Wildman–Crippen LogP) is 3.56. The van der Waals surface area contributed by atoms with Gasteiger partial charge in [-0.3, -0.25) is 4.79 Å². The molecule has 0 aromatic heterocycles. The van der Waals surface area contributed by atoms with Crippen molar-refractivity contribution in [3.05, 3.63) is 0 Å². The third kappa shape index (κ3) is 1.66. The van der Waals surface area contributed by atoms with Gasteiger partial charge >= 0.3 is 5.97 Å². The first-order valence-electron chi connectivity index (χ1n) is 6.69. The molecule has 0 bridgehead atoms. The van der Waals surface area contributed by atoms with Crippen LogP contribution in [-0.4, -0.2) is 11.1 Å². The number of aliphatic carboxylic acids is 1. The van der Waals surface area contributed by atoms with Crippen molar-refractivity contribution in [3.8, 4) is 0 Å². The Labute approximate surface area is 98.4 Å². The van der Waals surface area contributed by atoms with Gasteiger partial charge in [0.05, 0.1) is 5.92 Å². The summed E-state index contributed by atoms with van der Waals surface area (Å²) in [5.74, 6) is 1.20. The molecule has 2 rings (SSSR count). The van der Waals surface area contributed by atoms with Crippen LogP contribution in [0.4, 0.5) is 0 Å². The van der Waals surface area contributed by atoms with Crippen molar-refractivity contribution < 1.29 is 9.90 Å². The zero-order valence-corrected chi connectivity index (χ0v) is 10.7. The fraction of sp³-hybridized carbons (Fsp3) is 0.929. The summed E-state index contributed by atoms with van der Waals surface area (Å²) in [6.07, 6.45) is 6.24. The van der Waals surface area contributed by atoms with Crippen LogP contribution in [0.1, 0.15) is 52.9 Å². The minimum absolute atomic E-state index is 0.166. The molecule has 2 fully saturated rings. The summed E-state index contributed by atoms with van der Waals surface area (Å²) < 4.78 is 0. The summed E-state index contributed by atoms with van der Waals surface area (Å²) in [4.78, 5) is 11.2. The summed E-state index contributed by atoms with van der Waals surface area (Å²) in [5, 5.41) is 9.21. The van der Waals surface area contributed by atoms with Crippen LogP contribution < -0.4 is 0 Å². The minimum Gasteiger partial charge on any atom is -0.481 e. The zero-order valence-electron chi connectivity index (χ0n) is 10.7. The van der Waals surface area contributed by atoms with Crippen LogP contribution in [0, 0.1) is 29.1 Å². The monoisotopic (exact) mass is 224 g/mol. The van der Waals surface area contributed by atoms with Crippen LogP contribution in [0.5, 0.6) is 0 Å². The number of rotatable bonds is 2. The molecular weight excluding hydrogens is 200 g/mol. The first kappa shape index (κ1) is 11.9. The van der Waals surface area contributed by atoms with Gasteiger partial charge in [0, 0.05) is 0 Å². The van der Waals surface area contributed by atoms with Gasteiger partial charge in [0.25, 0.3) is 0 Å². The van der Waals surface area contributed by atoms with Crippen molar-refractivity contribution in [1.29, 1.82) is 0 Å². The molecule has 0 aromatic rings. The van der Waals surface area contributed by atoms with Crippen LogP contribution in [0.3, 0.4) is 0 Å². The predicted molar refractivity (Wildman–Crippen MR) is 64.1 cm³/mol. The molecule has 0 heterocycles.